The Kier molecular flexibility index (Phi) is 4.04. The summed E-state index contributed by atoms with van der Waals surface area (Å²) in [7, 11) is 0. The summed E-state index contributed by atoms with van der Waals surface area (Å²) in [5.41, 5.74) is 15.6. The van der Waals surface area contributed by atoms with Crippen molar-refractivity contribution in [3.05, 3.63) is 51.7 Å². The van der Waals surface area contributed by atoms with Crippen molar-refractivity contribution in [2.24, 2.45) is 16.5 Å². The molecule has 6 heteroatoms. The minimum absolute atomic E-state index is 0. The third-order valence-electron chi connectivity index (χ3n) is 3.13. The first-order chi connectivity index (χ1) is 9.06. The summed E-state index contributed by atoms with van der Waals surface area (Å²) in [6, 6.07) is 10.2. The molecule has 1 atom stereocenters. The van der Waals surface area contributed by atoms with Crippen LogP contribution in [-0.2, 0) is 6.42 Å². The third kappa shape index (κ3) is 2.80. The zero-order chi connectivity index (χ0) is 13.5. The van der Waals surface area contributed by atoms with Crippen molar-refractivity contribution in [2.45, 2.75) is 19.1 Å². The van der Waals surface area contributed by atoms with Crippen LogP contribution in [0.1, 0.15) is 16.0 Å². The molecule has 0 spiro atoms. The fraction of sp³-hybridized carbons (Fsp3) is 0.214. The molecule has 0 fully saturated rings. The monoisotopic (exact) mass is 308 g/mol. The largest absolute Gasteiger partial charge is 0.383 e. The van der Waals surface area contributed by atoms with Crippen molar-refractivity contribution in [2.75, 3.05) is 5.32 Å². The number of fused-ring (bicyclic) bond motifs is 1. The molecule has 4 nitrogen and oxygen atoms in total. The highest BCUT2D eigenvalue weighted by Gasteiger charge is 2.31. The number of hydrogen-bond acceptors (Lipinski definition) is 5. The molecule has 2 aromatic rings. The van der Waals surface area contributed by atoms with Gasteiger partial charge in [0.15, 0.2) is 5.79 Å². The minimum Gasteiger partial charge on any atom is -0.383 e. The highest BCUT2D eigenvalue weighted by Crippen LogP contribution is 2.30. The van der Waals surface area contributed by atoms with Gasteiger partial charge in [-0.25, -0.2) is 4.99 Å². The predicted octanol–water partition coefficient (Wildman–Crippen LogP) is 2.46. The van der Waals surface area contributed by atoms with Crippen molar-refractivity contribution < 1.29 is 0 Å². The standard InChI is InChI=1S/C14H16N4S.ClH/c1-9-3-2-4-10(7-9)8-14(16)17-11-5-6-19-12(11)13(15)18-14;/h2-7,17H,8,16H2,1H3,(H2,15,18);1H. The van der Waals surface area contributed by atoms with Crippen LogP contribution in [0.25, 0.3) is 0 Å². The molecule has 1 unspecified atom stereocenters. The molecule has 0 aliphatic carbocycles. The molecule has 5 N–H and O–H groups in total. The average Bonchev–Trinajstić information content (AvgIpc) is 2.76. The molecule has 106 valence electrons. The van der Waals surface area contributed by atoms with Gasteiger partial charge in [-0.15, -0.1) is 23.7 Å². The number of nitrogens with two attached hydrogens (primary N) is 2. The third-order valence-corrected chi connectivity index (χ3v) is 4.06. The van der Waals surface area contributed by atoms with Gasteiger partial charge < -0.3 is 11.1 Å². The number of aryl methyl sites for hydroxylation is 1. The number of anilines is 1. The maximum atomic E-state index is 6.33. The van der Waals surface area contributed by atoms with Crippen molar-refractivity contribution in [1.82, 2.24) is 0 Å². The molecule has 0 radical (unpaired) electrons. The summed E-state index contributed by atoms with van der Waals surface area (Å²) in [5.74, 6) is -0.356. The van der Waals surface area contributed by atoms with Gasteiger partial charge in [0.1, 0.15) is 5.84 Å². The lowest BCUT2D eigenvalue weighted by molar-refractivity contribution is 0.503. The van der Waals surface area contributed by atoms with Gasteiger partial charge in [0.25, 0.3) is 0 Å². The van der Waals surface area contributed by atoms with Crippen LogP contribution in [-0.4, -0.2) is 11.6 Å². The number of rotatable bonds is 2. The SMILES string of the molecule is Cc1cccc(CC2(N)N=C(N)c3sccc3N2)c1.Cl. The molecule has 0 bridgehead atoms. The van der Waals surface area contributed by atoms with Crippen molar-refractivity contribution in [3.63, 3.8) is 0 Å². The second kappa shape index (κ2) is 5.44. The van der Waals surface area contributed by atoms with Gasteiger partial charge in [-0.1, -0.05) is 29.8 Å². The van der Waals surface area contributed by atoms with Crippen LogP contribution in [0.2, 0.25) is 0 Å². The second-order valence-electron chi connectivity index (χ2n) is 4.88. The molecule has 0 saturated heterocycles. The van der Waals surface area contributed by atoms with Crippen molar-refractivity contribution in [3.8, 4) is 0 Å². The topological polar surface area (TPSA) is 76.4 Å². The van der Waals surface area contributed by atoms with Crippen LogP contribution in [0.4, 0.5) is 5.69 Å². The van der Waals surface area contributed by atoms with E-state index < -0.39 is 5.79 Å². The number of aliphatic imine (C=N–C) groups is 1. The highest BCUT2D eigenvalue weighted by molar-refractivity contribution is 7.12. The van der Waals surface area contributed by atoms with Crippen LogP contribution < -0.4 is 16.8 Å². The Hall–Kier alpha value is -1.56. The quantitative estimate of drug-likeness (QED) is 0.797. The Morgan fingerprint density at radius 2 is 2.15 bits per heavy atom. The second-order valence-corrected chi connectivity index (χ2v) is 5.79. The zero-order valence-corrected chi connectivity index (χ0v) is 12.7. The average molecular weight is 309 g/mol. The number of amidine groups is 1. The summed E-state index contributed by atoms with van der Waals surface area (Å²) < 4.78 is 0. The lowest BCUT2D eigenvalue weighted by atomic mass is 10.0. The van der Waals surface area contributed by atoms with Gasteiger partial charge in [-0.3, -0.25) is 5.73 Å². The van der Waals surface area contributed by atoms with Gasteiger partial charge in [0, 0.05) is 6.42 Å². The Bertz CT molecular complexity index is 652. The summed E-state index contributed by atoms with van der Waals surface area (Å²) in [4.78, 5) is 5.39. The van der Waals surface area contributed by atoms with E-state index in [9.17, 15) is 0 Å². The lowest BCUT2D eigenvalue weighted by Gasteiger charge is -2.31. The number of halogens is 1. The number of benzene rings is 1. The van der Waals surface area contributed by atoms with Gasteiger partial charge in [-0.05, 0) is 23.9 Å². The first-order valence-corrected chi connectivity index (χ1v) is 6.99. The van der Waals surface area contributed by atoms with Crippen molar-refractivity contribution in [1.29, 1.82) is 0 Å². The van der Waals surface area contributed by atoms with E-state index in [1.807, 2.05) is 17.5 Å². The molecule has 0 amide bonds. The molecule has 0 saturated carbocycles. The lowest BCUT2D eigenvalue weighted by Crippen LogP contribution is -2.51. The molecular formula is C14H17ClN4S. The number of hydrogen-bond donors (Lipinski definition) is 3. The van der Waals surface area contributed by atoms with E-state index in [0.29, 0.717) is 12.3 Å². The minimum atomic E-state index is -0.869. The molecule has 20 heavy (non-hydrogen) atoms. The Morgan fingerprint density at radius 1 is 1.35 bits per heavy atom. The van der Waals surface area contributed by atoms with Gasteiger partial charge >= 0.3 is 0 Å². The molecule has 1 aliphatic heterocycles. The number of thiophene rings is 1. The first-order valence-electron chi connectivity index (χ1n) is 6.11. The van der Waals surface area contributed by atoms with Crippen molar-refractivity contribution >= 4 is 35.3 Å². The summed E-state index contributed by atoms with van der Waals surface area (Å²) in [6.45, 7) is 2.07. The molecule has 1 aliphatic rings. The van der Waals surface area contributed by atoms with Crippen LogP contribution in [0.3, 0.4) is 0 Å². The zero-order valence-electron chi connectivity index (χ0n) is 11.1. The predicted molar refractivity (Wildman–Crippen MR) is 87.7 cm³/mol. The highest BCUT2D eigenvalue weighted by atomic mass is 35.5. The number of nitrogens with zero attached hydrogens (tertiary/aromatic N) is 1. The molecule has 3 rings (SSSR count). The van der Waals surface area contributed by atoms with E-state index in [4.69, 9.17) is 11.5 Å². The van der Waals surface area contributed by atoms with E-state index in [1.165, 1.54) is 5.56 Å². The van der Waals surface area contributed by atoms with E-state index in [-0.39, 0.29) is 12.4 Å². The molecule has 1 aromatic heterocycles. The fourth-order valence-electron chi connectivity index (χ4n) is 2.35. The van der Waals surface area contributed by atoms with Crippen LogP contribution in [0.15, 0.2) is 40.7 Å². The number of nitrogens with one attached hydrogen (secondary N) is 1. The van der Waals surface area contributed by atoms with Gasteiger partial charge in [0.05, 0.1) is 10.6 Å². The summed E-state index contributed by atoms with van der Waals surface area (Å²) >= 11 is 1.57. The smallest absolute Gasteiger partial charge is 0.188 e. The molecule has 2 heterocycles. The molecule has 1 aromatic carbocycles. The first kappa shape index (κ1) is 14.8. The Labute approximate surface area is 128 Å². The van der Waals surface area contributed by atoms with E-state index >= 15 is 0 Å². The Morgan fingerprint density at radius 3 is 2.90 bits per heavy atom. The Balaban J connectivity index is 0.00000147. The van der Waals surface area contributed by atoms with Crippen LogP contribution >= 0.6 is 23.7 Å². The summed E-state index contributed by atoms with van der Waals surface area (Å²) in [6.07, 6.45) is 0.602. The van der Waals surface area contributed by atoms with E-state index in [0.717, 1.165) is 16.1 Å². The van der Waals surface area contributed by atoms with Gasteiger partial charge in [-0.2, -0.15) is 0 Å². The van der Waals surface area contributed by atoms with E-state index in [1.54, 1.807) is 11.3 Å². The van der Waals surface area contributed by atoms with Gasteiger partial charge in [0.2, 0.25) is 0 Å². The van der Waals surface area contributed by atoms with Crippen LogP contribution in [0.5, 0.6) is 0 Å². The normalized spacial score (nSPS) is 20.4. The maximum absolute atomic E-state index is 6.33. The molecular weight excluding hydrogens is 292 g/mol. The van der Waals surface area contributed by atoms with E-state index in [2.05, 4.69) is 35.4 Å². The fourth-order valence-corrected chi connectivity index (χ4v) is 3.10. The summed E-state index contributed by atoms with van der Waals surface area (Å²) in [5, 5.41) is 5.26. The van der Waals surface area contributed by atoms with Crippen LogP contribution in [0, 0.1) is 6.92 Å². The maximum Gasteiger partial charge on any atom is 0.188 e.